The number of aliphatic hydroxyl groups excluding tert-OH is 1. The molecular formula is C19H22N2O3. The Labute approximate surface area is 140 Å². The highest BCUT2D eigenvalue weighted by Gasteiger charge is 2.61. The number of piperidine rings is 3. The van der Waals surface area contributed by atoms with E-state index in [2.05, 4.69) is 16.8 Å². The lowest BCUT2D eigenvalue weighted by molar-refractivity contribution is -0.280. The number of aliphatic hydroxyl groups is 1. The summed E-state index contributed by atoms with van der Waals surface area (Å²) in [6.07, 6.45) is 1.39. The van der Waals surface area contributed by atoms with Gasteiger partial charge < -0.3 is 19.9 Å². The average Bonchev–Trinajstić information content (AvgIpc) is 2.92. The summed E-state index contributed by atoms with van der Waals surface area (Å²) < 4.78 is 5.72. The lowest BCUT2D eigenvalue weighted by Gasteiger charge is -2.65. The molecule has 4 saturated heterocycles. The predicted octanol–water partition coefficient (Wildman–Crippen LogP) is 2.14. The van der Waals surface area contributed by atoms with Crippen LogP contribution in [0.1, 0.15) is 30.6 Å². The number of benzene rings is 1. The van der Waals surface area contributed by atoms with Gasteiger partial charge in [-0.1, -0.05) is 0 Å². The van der Waals surface area contributed by atoms with E-state index < -0.39 is 6.29 Å². The van der Waals surface area contributed by atoms with Crippen molar-refractivity contribution < 1.29 is 14.9 Å². The summed E-state index contributed by atoms with van der Waals surface area (Å²) in [6, 6.07) is 6.83. The summed E-state index contributed by atoms with van der Waals surface area (Å²) in [5.41, 5.74) is 3.76. The number of ether oxygens (including phenoxy) is 1. The number of nitrogens with one attached hydrogen (secondary N) is 1. The molecule has 1 aromatic carbocycles. The van der Waals surface area contributed by atoms with Gasteiger partial charge in [0.25, 0.3) is 0 Å². The molecule has 8 unspecified atom stereocenters. The Kier molecular flexibility index (Phi) is 2.48. The Balaban J connectivity index is 1.56. The van der Waals surface area contributed by atoms with Crippen LogP contribution >= 0.6 is 0 Å². The number of aromatic amines is 1. The lowest BCUT2D eigenvalue weighted by Crippen LogP contribution is -2.71. The number of hydrogen-bond acceptors (Lipinski definition) is 4. The standard InChI is InChI=1S/C19H22N2O3/c1-8-13-7-24-19(23)17-11(13)5-16-18-12(6-15(17)21(8)16)10-4-9(22)2-3-14(10)20-18/h2-4,8,11,13,15-17,19-20,22-23H,5-7H2,1H3. The fourth-order valence-electron chi connectivity index (χ4n) is 6.34. The molecule has 0 aliphatic carbocycles. The molecule has 0 amide bonds. The molecule has 5 heteroatoms. The fourth-order valence-corrected chi connectivity index (χ4v) is 6.34. The number of aromatic hydroxyl groups is 1. The van der Waals surface area contributed by atoms with Crippen molar-refractivity contribution >= 4 is 10.9 Å². The van der Waals surface area contributed by atoms with Gasteiger partial charge >= 0.3 is 0 Å². The molecule has 0 radical (unpaired) electrons. The molecule has 24 heavy (non-hydrogen) atoms. The van der Waals surface area contributed by atoms with Gasteiger partial charge in [-0.25, -0.2) is 0 Å². The minimum Gasteiger partial charge on any atom is -0.508 e. The molecule has 5 aliphatic rings. The second-order valence-electron chi connectivity index (χ2n) is 8.09. The Morgan fingerprint density at radius 2 is 2.17 bits per heavy atom. The molecule has 0 saturated carbocycles. The number of phenolic OH excluding ortho intramolecular Hbond substituents is 1. The number of fused-ring (bicyclic) bond motifs is 3. The summed E-state index contributed by atoms with van der Waals surface area (Å²) in [5.74, 6) is 1.63. The molecule has 8 atom stereocenters. The molecule has 6 bridgehead atoms. The predicted molar refractivity (Wildman–Crippen MR) is 88.5 cm³/mol. The molecule has 5 nitrogen and oxygen atoms in total. The van der Waals surface area contributed by atoms with Gasteiger partial charge in [0.15, 0.2) is 6.29 Å². The first-order valence-electron chi connectivity index (χ1n) is 9.04. The van der Waals surface area contributed by atoms with E-state index in [9.17, 15) is 10.2 Å². The highest BCUT2D eigenvalue weighted by molar-refractivity contribution is 5.86. The van der Waals surface area contributed by atoms with E-state index in [0.717, 1.165) is 23.7 Å². The maximum absolute atomic E-state index is 10.5. The normalized spacial score (nSPS) is 45.4. The largest absolute Gasteiger partial charge is 0.508 e. The minimum absolute atomic E-state index is 0.214. The smallest absolute Gasteiger partial charge is 0.159 e. The summed E-state index contributed by atoms with van der Waals surface area (Å²) in [6.45, 7) is 3.01. The van der Waals surface area contributed by atoms with Crippen LogP contribution in [0.15, 0.2) is 18.2 Å². The molecule has 4 fully saturated rings. The summed E-state index contributed by atoms with van der Waals surface area (Å²) in [7, 11) is 0. The van der Waals surface area contributed by atoms with Gasteiger partial charge in [0, 0.05) is 40.5 Å². The maximum atomic E-state index is 10.5. The molecule has 2 aromatic rings. The molecule has 3 N–H and O–H groups in total. The van der Waals surface area contributed by atoms with E-state index in [1.807, 2.05) is 12.1 Å². The first-order chi connectivity index (χ1) is 11.6. The second-order valence-corrected chi connectivity index (χ2v) is 8.09. The van der Waals surface area contributed by atoms with E-state index in [-0.39, 0.29) is 5.92 Å². The third-order valence-corrected chi connectivity index (χ3v) is 7.27. The van der Waals surface area contributed by atoms with Gasteiger partial charge in [-0.15, -0.1) is 0 Å². The van der Waals surface area contributed by atoms with Crippen molar-refractivity contribution in [3.63, 3.8) is 0 Å². The van der Waals surface area contributed by atoms with E-state index in [4.69, 9.17) is 4.74 Å². The minimum atomic E-state index is -0.632. The number of nitrogens with zero attached hydrogens (tertiary/aromatic N) is 1. The van der Waals surface area contributed by atoms with Crippen LogP contribution in [0.5, 0.6) is 5.75 Å². The highest BCUT2D eigenvalue weighted by Crippen LogP contribution is 2.58. The first-order valence-corrected chi connectivity index (χ1v) is 9.04. The van der Waals surface area contributed by atoms with Gasteiger partial charge in [-0.2, -0.15) is 0 Å². The fraction of sp³-hybridized carbons (Fsp3) is 0.579. The van der Waals surface area contributed by atoms with Gasteiger partial charge in [-0.3, -0.25) is 4.90 Å². The van der Waals surface area contributed by atoms with Gasteiger partial charge in [0.05, 0.1) is 12.6 Å². The van der Waals surface area contributed by atoms with Crippen molar-refractivity contribution in [2.75, 3.05) is 6.61 Å². The van der Waals surface area contributed by atoms with Crippen LogP contribution in [0.2, 0.25) is 0 Å². The molecule has 126 valence electrons. The zero-order valence-corrected chi connectivity index (χ0v) is 13.6. The number of rotatable bonds is 0. The van der Waals surface area contributed by atoms with E-state index in [0.29, 0.717) is 42.3 Å². The molecule has 1 aromatic heterocycles. The SMILES string of the molecule is CC1C2COC(O)C3C2CC2c4[nH]c5ccc(O)cc5c4CC3N21. The van der Waals surface area contributed by atoms with Crippen LogP contribution in [0.25, 0.3) is 10.9 Å². The Morgan fingerprint density at radius 1 is 1.29 bits per heavy atom. The van der Waals surface area contributed by atoms with Crippen molar-refractivity contribution in [1.82, 2.24) is 9.88 Å². The monoisotopic (exact) mass is 326 g/mol. The molecular weight excluding hydrogens is 304 g/mol. The van der Waals surface area contributed by atoms with Gasteiger partial charge in [0.1, 0.15) is 5.75 Å². The first kappa shape index (κ1) is 13.7. The molecule has 5 aliphatic heterocycles. The van der Waals surface area contributed by atoms with Crippen molar-refractivity contribution in [3.8, 4) is 5.75 Å². The Morgan fingerprint density at radius 3 is 3.04 bits per heavy atom. The van der Waals surface area contributed by atoms with Crippen molar-refractivity contribution in [3.05, 3.63) is 29.5 Å². The number of aromatic nitrogens is 1. The topological polar surface area (TPSA) is 68.7 Å². The molecule has 6 heterocycles. The second kappa shape index (κ2) is 4.34. The van der Waals surface area contributed by atoms with Crippen LogP contribution in [-0.4, -0.2) is 45.1 Å². The van der Waals surface area contributed by atoms with Crippen LogP contribution in [-0.2, 0) is 11.2 Å². The van der Waals surface area contributed by atoms with Crippen molar-refractivity contribution in [2.24, 2.45) is 17.8 Å². The molecule has 7 rings (SSSR count). The maximum Gasteiger partial charge on any atom is 0.159 e. The lowest BCUT2D eigenvalue weighted by atomic mass is 9.58. The van der Waals surface area contributed by atoms with E-state index in [1.165, 1.54) is 11.3 Å². The van der Waals surface area contributed by atoms with Gasteiger partial charge in [0.2, 0.25) is 0 Å². The van der Waals surface area contributed by atoms with E-state index >= 15 is 0 Å². The Hall–Kier alpha value is -1.56. The number of hydrogen-bond donors (Lipinski definition) is 3. The number of H-pyrrole nitrogens is 1. The van der Waals surface area contributed by atoms with Crippen LogP contribution in [0, 0.1) is 17.8 Å². The Bertz CT molecular complexity index is 846. The van der Waals surface area contributed by atoms with Crippen LogP contribution < -0.4 is 0 Å². The summed E-state index contributed by atoms with van der Waals surface area (Å²) in [4.78, 5) is 6.29. The van der Waals surface area contributed by atoms with Crippen molar-refractivity contribution in [1.29, 1.82) is 0 Å². The zero-order valence-electron chi connectivity index (χ0n) is 13.6. The quantitative estimate of drug-likeness (QED) is 0.694. The van der Waals surface area contributed by atoms with Crippen molar-refractivity contribution in [2.45, 2.75) is 44.2 Å². The third kappa shape index (κ3) is 1.47. The third-order valence-electron chi connectivity index (χ3n) is 7.27. The highest BCUT2D eigenvalue weighted by atomic mass is 16.6. The average molecular weight is 326 g/mol. The van der Waals surface area contributed by atoms with Crippen LogP contribution in [0.3, 0.4) is 0 Å². The summed E-state index contributed by atoms with van der Waals surface area (Å²) in [5, 5.41) is 21.5. The van der Waals surface area contributed by atoms with Crippen LogP contribution in [0.4, 0.5) is 0 Å². The van der Waals surface area contributed by atoms with Gasteiger partial charge in [-0.05, 0) is 49.4 Å². The summed E-state index contributed by atoms with van der Waals surface area (Å²) >= 11 is 0. The van der Waals surface area contributed by atoms with E-state index in [1.54, 1.807) is 6.07 Å². The zero-order chi connectivity index (χ0) is 16.2. The number of phenols is 1. The molecule has 0 spiro atoms.